The van der Waals surface area contributed by atoms with Crippen LogP contribution < -0.4 is 0 Å². The average Bonchev–Trinajstić information content (AvgIpc) is 2.47. The van der Waals surface area contributed by atoms with Gasteiger partial charge in [-0.2, -0.15) is 0 Å². The van der Waals surface area contributed by atoms with Crippen LogP contribution >= 0.6 is 0 Å². The van der Waals surface area contributed by atoms with E-state index in [-0.39, 0.29) is 0 Å². The molecular formula is C16H15NO. The first kappa shape index (κ1) is 12.3. The monoisotopic (exact) mass is 237 g/mol. The first-order valence-electron chi connectivity index (χ1n) is 5.97. The SMILES string of the molecule is CC[C@](O)(C#Cc1ccccc1)c1ccccn1. The molecular weight excluding hydrogens is 222 g/mol. The van der Waals surface area contributed by atoms with Crippen LogP contribution in [0.15, 0.2) is 54.7 Å². The van der Waals surface area contributed by atoms with E-state index >= 15 is 0 Å². The zero-order valence-electron chi connectivity index (χ0n) is 10.3. The number of aliphatic hydroxyl groups is 1. The van der Waals surface area contributed by atoms with Gasteiger partial charge in [0.05, 0.1) is 5.69 Å². The van der Waals surface area contributed by atoms with E-state index in [9.17, 15) is 5.11 Å². The van der Waals surface area contributed by atoms with Crippen molar-refractivity contribution in [3.05, 3.63) is 66.0 Å². The van der Waals surface area contributed by atoms with Gasteiger partial charge in [-0.25, -0.2) is 0 Å². The lowest BCUT2D eigenvalue weighted by Gasteiger charge is -2.19. The van der Waals surface area contributed by atoms with Crippen LogP contribution in [-0.4, -0.2) is 10.1 Å². The number of pyridine rings is 1. The maximum Gasteiger partial charge on any atom is 0.167 e. The summed E-state index contributed by atoms with van der Waals surface area (Å²) in [7, 11) is 0. The average molecular weight is 237 g/mol. The van der Waals surface area contributed by atoms with Crippen molar-refractivity contribution in [3.63, 3.8) is 0 Å². The fraction of sp³-hybridized carbons (Fsp3) is 0.188. The molecule has 2 nitrogen and oxygen atoms in total. The van der Waals surface area contributed by atoms with E-state index in [0.29, 0.717) is 12.1 Å². The molecule has 0 unspecified atom stereocenters. The van der Waals surface area contributed by atoms with E-state index in [0.717, 1.165) is 5.56 Å². The zero-order valence-corrected chi connectivity index (χ0v) is 10.3. The lowest BCUT2D eigenvalue weighted by atomic mass is 9.96. The fourth-order valence-electron chi connectivity index (χ4n) is 1.64. The molecule has 0 aliphatic rings. The van der Waals surface area contributed by atoms with Gasteiger partial charge in [0, 0.05) is 11.8 Å². The molecule has 0 bridgehead atoms. The second-order valence-corrected chi connectivity index (χ2v) is 4.04. The number of hydrogen-bond donors (Lipinski definition) is 1. The zero-order chi connectivity index (χ0) is 12.8. The standard InChI is InChI=1S/C16H15NO/c1-2-16(18,15-10-6-7-13-17-15)12-11-14-8-4-3-5-9-14/h3-10,13,18H,2H2,1H3/t16-/m0/s1. The van der Waals surface area contributed by atoms with Gasteiger partial charge in [0.1, 0.15) is 0 Å². The third-order valence-electron chi connectivity index (χ3n) is 2.79. The molecule has 0 aliphatic carbocycles. The van der Waals surface area contributed by atoms with Crippen LogP contribution in [0.1, 0.15) is 24.6 Å². The van der Waals surface area contributed by atoms with E-state index in [1.807, 2.05) is 49.4 Å². The Hall–Kier alpha value is -2.11. The Kier molecular flexibility index (Phi) is 3.76. The van der Waals surface area contributed by atoms with Crippen LogP contribution in [0.5, 0.6) is 0 Å². The van der Waals surface area contributed by atoms with E-state index < -0.39 is 5.60 Å². The minimum atomic E-state index is -1.18. The Morgan fingerprint density at radius 2 is 1.83 bits per heavy atom. The van der Waals surface area contributed by atoms with Crippen molar-refractivity contribution in [2.24, 2.45) is 0 Å². The van der Waals surface area contributed by atoms with Gasteiger partial charge in [-0.05, 0) is 30.7 Å². The number of benzene rings is 1. The second kappa shape index (κ2) is 5.48. The Morgan fingerprint density at radius 1 is 1.11 bits per heavy atom. The Bertz CT molecular complexity index is 554. The van der Waals surface area contributed by atoms with E-state index in [2.05, 4.69) is 16.8 Å². The summed E-state index contributed by atoms with van der Waals surface area (Å²) in [5.41, 5.74) is 0.299. The second-order valence-electron chi connectivity index (χ2n) is 4.04. The molecule has 2 heteroatoms. The highest BCUT2D eigenvalue weighted by atomic mass is 16.3. The highest BCUT2D eigenvalue weighted by Gasteiger charge is 2.25. The minimum absolute atomic E-state index is 0.504. The number of nitrogens with zero attached hydrogens (tertiary/aromatic N) is 1. The molecule has 0 aliphatic heterocycles. The quantitative estimate of drug-likeness (QED) is 0.815. The first-order valence-corrected chi connectivity index (χ1v) is 5.97. The van der Waals surface area contributed by atoms with Crippen molar-refractivity contribution < 1.29 is 5.11 Å². The van der Waals surface area contributed by atoms with Gasteiger partial charge in [0.15, 0.2) is 5.60 Å². The molecule has 0 saturated carbocycles. The topological polar surface area (TPSA) is 33.1 Å². The maximum absolute atomic E-state index is 10.5. The molecule has 1 N–H and O–H groups in total. The van der Waals surface area contributed by atoms with Crippen molar-refractivity contribution in [1.82, 2.24) is 4.98 Å². The van der Waals surface area contributed by atoms with Crippen LogP contribution in [0.25, 0.3) is 0 Å². The minimum Gasteiger partial charge on any atom is -0.372 e. The molecule has 2 rings (SSSR count). The van der Waals surface area contributed by atoms with Crippen molar-refractivity contribution in [2.75, 3.05) is 0 Å². The lowest BCUT2D eigenvalue weighted by Crippen LogP contribution is -2.23. The van der Waals surface area contributed by atoms with Gasteiger partial charge in [-0.15, -0.1) is 0 Å². The maximum atomic E-state index is 10.5. The number of hydrogen-bond acceptors (Lipinski definition) is 2. The summed E-state index contributed by atoms with van der Waals surface area (Å²) in [6.07, 6.45) is 2.17. The third-order valence-corrected chi connectivity index (χ3v) is 2.79. The van der Waals surface area contributed by atoms with Crippen molar-refractivity contribution >= 4 is 0 Å². The van der Waals surface area contributed by atoms with Gasteiger partial charge in [0.2, 0.25) is 0 Å². The smallest absolute Gasteiger partial charge is 0.167 e. The van der Waals surface area contributed by atoms with Gasteiger partial charge < -0.3 is 5.11 Å². The lowest BCUT2D eigenvalue weighted by molar-refractivity contribution is 0.0913. The van der Waals surface area contributed by atoms with Gasteiger partial charge in [0.25, 0.3) is 0 Å². The fourth-order valence-corrected chi connectivity index (χ4v) is 1.64. The van der Waals surface area contributed by atoms with Crippen LogP contribution in [0.2, 0.25) is 0 Å². The van der Waals surface area contributed by atoms with E-state index in [1.54, 1.807) is 12.3 Å². The van der Waals surface area contributed by atoms with E-state index in [1.165, 1.54) is 0 Å². The summed E-state index contributed by atoms with van der Waals surface area (Å²) >= 11 is 0. The van der Waals surface area contributed by atoms with Crippen molar-refractivity contribution in [1.29, 1.82) is 0 Å². The molecule has 0 fully saturated rings. The van der Waals surface area contributed by atoms with Gasteiger partial charge in [-0.3, -0.25) is 4.98 Å². The Morgan fingerprint density at radius 3 is 2.44 bits per heavy atom. The molecule has 1 atom stereocenters. The van der Waals surface area contributed by atoms with Crippen molar-refractivity contribution in [3.8, 4) is 11.8 Å². The molecule has 0 amide bonds. The highest BCUT2D eigenvalue weighted by molar-refractivity contribution is 5.38. The number of rotatable bonds is 2. The molecule has 0 saturated heterocycles. The molecule has 1 aromatic carbocycles. The molecule has 1 aromatic heterocycles. The van der Waals surface area contributed by atoms with E-state index in [4.69, 9.17) is 0 Å². The molecule has 2 aromatic rings. The summed E-state index contributed by atoms with van der Waals surface area (Å²) in [5.74, 6) is 5.92. The summed E-state index contributed by atoms with van der Waals surface area (Å²) < 4.78 is 0. The van der Waals surface area contributed by atoms with Crippen LogP contribution in [-0.2, 0) is 5.60 Å². The summed E-state index contributed by atoms with van der Waals surface area (Å²) in [4.78, 5) is 4.18. The van der Waals surface area contributed by atoms with Crippen LogP contribution in [0.3, 0.4) is 0 Å². The normalized spacial score (nSPS) is 13.2. The third kappa shape index (κ3) is 2.77. The Labute approximate surface area is 107 Å². The van der Waals surface area contributed by atoms with Crippen LogP contribution in [0, 0.1) is 11.8 Å². The molecule has 1 heterocycles. The number of aromatic nitrogens is 1. The Balaban J connectivity index is 2.33. The van der Waals surface area contributed by atoms with Crippen LogP contribution in [0.4, 0.5) is 0 Å². The summed E-state index contributed by atoms with van der Waals surface area (Å²) in [5, 5.41) is 10.5. The predicted octanol–water partition coefficient (Wildman–Crippen LogP) is 2.73. The molecule has 18 heavy (non-hydrogen) atoms. The summed E-state index contributed by atoms with van der Waals surface area (Å²) in [6, 6.07) is 15.1. The predicted molar refractivity (Wildman–Crippen MR) is 71.7 cm³/mol. The molecule has 90 valence electrons. The molecule has 0 spiro atoms. The largest absolute Gasteiger partial charge is 0.372 e. The van der Waals surface area contributed by atoms with Gasteiger partial charge >= 0.3 is 0 Å². The van der Waals surface area contributed by atoms with Crippen molar-refractivity contribution in [2.45, 2.75) is 18.9 Å². The highest BCUT2D eigenvalue weighted by Crippen LogP contribution is 2.21. The first-order chi connectivity index (χ1) is 8.74. The van der Waals surface area contributed by atoms with Gasteiger partial charge in [-0.1, -0.05) is 43.0 Å². The summed E-state index contributed by atoms with van der Waals surface area (Å²) in [6.45, 7) is 1.90. The molecule has 0 radical (unpaired) electrons.